The summed E-state index contributed by atoms with van der Waals surface area (Å²) < 4.78 is 13.1. The number of Topliss-reactive ketones (excluding diaryl/α,β-unsaturated/α-hetero) is 1. The molecule has 1 heterocycles. The number of nitrogens with zero attached hydrogens (tertiary/aromatic N) is 2. The van der Waals surface area contributed by atoms with Gasteiger partial charge in [-0.15, -0.1) is 0 Å². The zero-order valence-electron chi connectivity index (χ0n) is 16.2. The molecule has 0 radical (unpaired) electrons. The number of carbonyl (C=O) groups is 1. The van der Waals surface area contributed by atoms with E-state index in [9.17, 15) is 9.18 Å². The number of hydrogen-bond acceptors (Lipinski definition) is 3. The van der Waals surface area contributed by atoms with Crippen LogP contribution in [0.25, 0.3) is 11.1 Å². The van der Waals surface area contributed by atoms with Gasteiger partial charge in [0.2, 0.25) is 0 Å². The van der Waals surface area contributed by atoms with Gasteiger partial charge in [-0.3, -0.25) is 14.6 Å². The maximum Gasteiger partial charge on any atom is 0.176 e. The van der Waals surface area contributed by atoms with Crippen LogP contribution in [0.3, 0.4) is 0 Å². The van der Waals surface area contributed by atoms with E-state index in [1.165, 1.54) is 34.4 Å². The second-order valence-electron chi connectivity index (χ2n) is 7.82. The molecule has 0 amide bonds. The monoisotopic (exact) mass is 386 g/mol. The summed E-state index contributed by atoms with van der Waals surface area (Å²) in [4.78, 5) is 17.2. The highest BCUT2D eigenvalue weighted by Crippen LogP contribution is 2.46. The third kappa shape index (κ3) is 3.39. The third-order valence-electron chi connectivity index (χ3n) is 6.11. The summed E-state index contributed by atoms with van der Waals surface area (Å²) >= 11 is 0. The summed E-state index contributed by atoms with van der Waals surface area (Å²) in [6.07, 6.45) is 0. The largest absolute Gasteiger partial charge is 0.293 e. The predicted octanol–water partition coefficient (Wildman–Crippen LogP) is 4.40. The van der Waals surface area contributed by atoms with Crippen LogP contribution in [0, 0.1) is 5.82 Å². The Morgan fingerprint density at radius 1 is 0.793 bits per heavy atom. The molecule has 29 heavy (non-hydrogen) atoms. The van der Waals surface area contributed by atoms with E-state index in [0.29, 0.717) is 12.1 Å². The van der Waals surface area contributed by atoms with Crippen molar-refractivity contribution in [2.45, 2.75) is 6.04 Å². The number of fused-ring (bicyclic) bond motifs is 3. The number of ketones is 1. The lowest BCUT2D eigenvalue weighted by atomic mass is 10.0. The van der Waals surface area contributed by atoms with Crippen molar-refractivity contribution in [3.05, 3.63) is 95.3 Å². The first kappa shape index (κ1) is 18.2. The highest BCUT2D eigenvalue weighted by Gasteiger charge is 2.34. The predicted molar refractivity (Wildman–Crippen MR) is 112 cm³/mol. The van der Waals surface area contributed by atoms with Gasteiger partial charge in [0.05, 0.1) is 12.6 Å². The molecule has 2 aliphatic rings. The van der Waals surface area contributed by atoms with Gasteiger partial charge in [-0.05, 0) is 46.5 Å². The second-order valence-corrected chi connectivity index (χ2v) is 7.82. The maximum absolute atomic E-state index is 13.1. The average molecular weight is 386 g/mol. The van der Waals surface area contributed by atoms with Gasteiger partial charge in [-0.1, -0.05) is 48.5 Å². The zero-order valence-corrected chi connectivity index (χ0v) is 16.2. The molecule has 0 aromatic heterocycles. The van der Waals surface area contributed by atoms with Crippen LogP contribution in [0.5, 0.6) is 0 Å². The Labute approximate surface area is 170 Å². The first-order valence-electron chi connectivity index (χ1n) is 10.1. The fourth-order valence-electron chi connectivity index (χ4n) is 4.63. The Kier molecular flexibility index (Phi) is 4.74. The molecule has 146 valence electrons. The van der Waals surface area contributed by atoms with Gasteiger partial charge in [0.15, 0.2) is 5.78 Å². The number of carbonyl (C=O) groups excluding carboxylic acids is 1. The van der Waals surface area contributed by atoms with E-state index < -0.39 is 0 Å². The Hall–Kier alpha value is -2.82. The maximum atomic E-state index is 13.1. The van der Waals surface area contributed by atoms with E-state index in [1.54, 1.807) is 12.1 Å². The standard InChI is InChI=1S/C25H23FN2O/c26-19-11-9-18(10-12-19)24(29)17-27-13-15-28(16-14-27)25-22-7-3-1-5-20(22)21-6-2-4-8-23(21)25/h1-12,25H,13-17H2. The Balaban J connectivity index is 1.29. The van der Waals surface area contributed by atoms with Crippen LogP contribution in [-0.2, 0) is 0 Å². The van der Waals surface area contributed by atoms with Gasteiger partial charge >= 0.3 is 0 Å². The quantitative estimate of drug-likeness (QED) is 0.621. The van der Waals surface area contributed by atoms with Crippen LogP contribution in [-0.4, -0.2) is 48.3 Å². The first-order valence-corrected chi connectivity index (χ1v) is 10.1. The van der Waals surface area contributed by atoms with Crippen LogP contribution in [0.1, 0.15) is 27.5 Å². The van der Waals surface area contributed by atoms with Crippen LogP contribution in [0.4, 0.5) is 4.39 Å². The van der Waals surface area contributed by atoms with Crippen LogP contribution in [0.15, 0.2) is 72.8 Å². The molecule has 1 aliphatic carbocycles. The molecule has 4 heteroatoms. The molecule has 1 fully saturated rings. The van der Waals surface area contributed by atoms with Gasteiger partial charge in [0.1, 0.15) is 5.82 Å². The number of halogens is 1. The minimum atomic E-state index is -0.313. The summed E-state index contributed by atoms with van der Waals surface area (Å²) in [6.45, 7) is 3.94. The van der Waals surface area contributed by atoms with Crippen molar-refractivity contribution in [3.63, 3.8) is 0 Å². The van der Waals surface area contributed by atoms with Crippen molar-refractivity contribution in [3.8, 4) is 11.1 Å². The molecule has 0 N–H and O–H groups in total. The van der Waals surface area contributed by atoms with Gasteiger partial charge in [0.25, 0.3) is 0 Å². The van der Waals surface area contributed by atoms with E-state index in [1.807, 2.05) is 0 Å². The summed E-state index contributed by atoms with van der Waals surface area (Å²) in [7, 11) is 0. The average Bonchev–Trinajstić information content (AvgIpc) is 3.09. The van der Waals surface area contributed by atoms with Crippen molar-refractivity contribution in [2.75, 3.05) is 32.7 Å². The highest BCUT2D eigenvalue weighted by molar-refractivity contribution is 5.97. The molecule has 0 atom stereocenters. The van der Waals surface area contributed by atoms with E-state index in [4.69, 9.17) is 0 Å². The molecule has 1 aliphatic heterocycles. The molecular formula is C25H23FN2O. The normalized spacial score (nSPS) is 17.1. The van der Waals surface area contributed by atoms with E-state index in [0.717, 1.165) is 26.2 Å². The smallest absolute Gasteiger partial charge is 0.176 e. The number of hydrogen-bond donors (Lipinski definition) is 0. The van der Waals surface area contributed by atoms with Crippen LogP contribution < -0.4 is 0 Å². The summed E-state index contributed by atoms with van der Waals surface area (Å²) in [6, 6.07) is 23.5. The minimum Gasteiger partial charge on any atom is -0.293 e. The van der Waals surface area contributed by atoms with Crippen molar-refractivity contribution in [2.24, 2.45) is 0 Å². The fourth-order valence-corrected chi connectivity index (χ4v) is 4.63. The number of rotatable bonds is 4. The van der Waals surface area contributed by atoms with Crippen molar-refractivity contribution in [1.29, 1.82) is 0 Å². The molecule has 1 saturated heterocycles. The van der Waals surface area contributed by atoms with Crippen molar-refractivity contribution in [1.82, 2.24) is 9.80 Å². The summed E-state index contributed by atoms with van der Waals surface area (Å²) in [5, 5.41) is 0. The third-order valence-corrected chi connectivity index (χ3v) is 6.11. The van der Waals surface area contributed by atoms with E-state index in [-0.39, 0.29) is 17.6 Å². The van der Waals surface area contributed by atoms with Crippen LogP contribution in [0.2, 0.25) is 0 Å². The SMILES string of the molecule is O=C(CN1CCN(C2c3ccccc3-c3ccccc32)CC1)c1ccc(F)cc1. The lowest BCUT2D eigenvalue weighted by molar-refractivity contribution is 0.0811. The highest BCUT2D eigenvalue weighted by atomic mass is 19.1. The summed E-state index contributed by atoms with van der Waals surface area (Å²) in [5.41, 5.74) is 6.01. The molecule has 0 spiro atoms. The molecule has 3 aromatic carbocycles. The molecule has 5 rings (SSSR count). The Bertz CT molecular complexity index is 993. The first-order chi connectivity index (χ1) is 14.2. The van der Waals surface area contributed by atoms with Gasteiger partial charge in [0, 0.05) is 31.7 Å². The lowest BCUT2D eigenvalue weighted by Crippen LogP contribution is -2.48. The molecule has 0 bridgehead atoms. The zero-order chi connectivity index (χ0) is 19.8. The summed E-state index contributed by atoms with van der Waals surface area (Å²) in [5.74, 6) is -0.262. The second kappa shape index (κ2) is 7.54. The number of benzene rings is 3. The molecule has 3 nitrogen and oxygen atoms in total. The van der Waals surface area contributed by atoms with E-state index in [2.05, 4.69) is 58.3 Å². The van der Waals surface area contributed by atoms with Gasteiger partial charge in [-0.25, -0.2) is 4.39 Å². The number of piperazine rings is 1. The minimum absolute atomic E-state index is 0.0509. The molecule has 0 saturated carbocycles. The Morgan fingerprint density at radius 3 is 1.93 bits per heavy atom. The van der Waals surface area contributed by atoms with Gasteiger partial charge < -0.3 is 0 Å². The molecule has 0 unspecified atom stereocenters. The Morgan fingerprint density at radius 2 is 1.34 bits per heavy atom. The fraction of sp³-hybridized carbons (Fsp3) is 0.240. The van der Waals surface area contributed by atoms with Crippen molar-refractivity contribution >= 4 is 5.78 Å². The van der Waals surface area contributed by atoms with Gasteiger partial charge in [-0.2, -0.15) is 0 Å². The lowest BCUT2D eigenvalue weighted by Gasteiger charge is -2.38. The molecular weight excluding hydrogens is 363 g/mol. The topological polar surface area (TPSA) is 23.6 Å². The van der Waals surface area contributed by atoms with Crippen molar-refractivity contribution < 1.29 is 9.18 Å². The molecule has 3 aromatic rings. The van der Waals surface area contributed by atoms with Crippen LogP contribution >= 0.6 is 0 Å². The van der Waals surface area contributed by atoms with E-state index >= 15 is 0 Å².